The Morgan fingerprint density at radius 3 is 2.88 bits per heavy atom. The zero-order chi connectivity index (χ0) is 12.3. The smallest absolute Gasteiger partial charge is 0.138 e. The number of aromatic nitrogens is 1. The summed E-state index contributed by atoms with van der Waals surface area (Å²) in [5.41, 5.74) is 2.07. The highest BCUT2D eigenvalue weighted by molar-refractivity contribution is 9.08. The first-order valence-electron chi connectivity index (χ1n) is 5.07. The van der Waals surface area contributed by atoms with E-state index in [1.54, 1.807) is 11.3 Å². The summed E-state index contributed by atoms with van der Waals surface area (Å²) >= 11 is 11.1. The summed E-state index contributed by atoms with van der Waals surface area (Å²) in [5, 5.41) is 4.47. The second-order valence-corrected chi connectivity index (χ2v) is 5.58. The van der Waals surface area contributed by atoms with Crippen LogP contribution in [-0.2, 0) is 11.9 Å². The molecule has 0 aliphatic heterocycles. The van der Waals surface area contributed by atoms with Gasteiger partial charge in [-0.15, -0.1) is 11.3 Å². The third kappa shape index (κ3) is 3.44. The van der Waals surface area contributed by atoms with Crippen LogP contribution in [-0.4, -0.2) is 4.98 Å². The lowest BCUT2D eigenvalue weighted by Gasteiger charge is -2.07. The molecule has 90 valence electrons. The quantitative estimate of drug-likeness (QED) is 0.765. The molecule has 0 saturated heterocycles. The van der Waals surface area contributed by atoms with Crippen LogP contribution < -0.4 is 4.74 Å². The van der Waals surface area contributed by atoms with Gasteiger partial charge in [0.15, 0.2) is 0 Å². The van der Waals surface area contributed by atoms with Crippen LogP contribution >= 0.6 is 38.9 Å². The number of alkyl halides is 1. The molecule has 1 heterocycles. The summed E-state index contributed by atoms with van der Waals surface area (Å²) in [5.74, 6) is 0.696. The average Bonchev–Trinajstić information content (AvgIpc) is 2.73. The average molecular weight is 333 g/mol. The van der Waals surface area contributed by atoms with Gasteiger partial charge in [0.25, 0.3) is 0 Å². The predicted molar refractivity (Wildman–Crippen MR) is 75.3 cm³/mol. The summed E-state index contributed by atoms with van der Waals surface area (Å²) in [6.07, 6.45) is 0. The maximum atomic E-state index is 6.12. The Labute approximate surface area is 118 Å². The number of nitrogens with zero attached hydrogens (tertiary/aromatic N) is 1. The molecule has 0 aliphatic carbocycles. The highest BCUT2D eigenvalue weighted by Crippen LogP contribution is 2.27. The standard InChI is InChI=1S/C12H11BrClNOS/c1-8-15-10(7-17-8)6-16-12-3-2-9(5-13)4-11(12)14/h2-4,7H,5-6H2,1H3. The van der Waals surface area contributed by atoms with E-state index in [9.17, 15) is 0 Å². The molecule has 17 heavy (non-hydrogen) atoms. The lowest BCUT2D eigenvalue weighted by molar-refractivity contribution is 0.302. The molecule has 0 N–H and O–H groups in total. The van der Waals surface area contributed by atoms with E-state index in [2.05, 4.69) is 20.9 Å². The van der Waals surface area contributed by atoms with Crippen LogP contribution in [0.15, 0.2) is 23.6 Å². The third-order valence-electron chi connectivity index (χ3n) is 2.19. The van der Waals surface area contributed by atoms with Crippen LogP contribution in [0.2, 0.25) is 5.02 Å². The van der Waals surface area contributed by atoms with Gasteiger partial charge in [-0.3, -0.25) is 0 Å². The predicted octanol–water partition coefficient (Wildman–Crippen LogP) is 4.58. The zero-order valence-electron chi connectivity index (χ0n) is 9.24. The largest absolute Gasteiger partial charge is 0.486 e. The van der Waals surface area contributed by atoms with E-state index in [0.29, 0.717) is 17.4 Å². The molecule has 5 heteroatoms. The molecular weight excluding hydrogens is 322 g/mol. The van der Waals surface area contributed by atoms with Gasteiger partial charge in [-0.05, 0) is 24.6 Å². The summed E-state index contributed by atoms with van der Waals surface area (Å²) in [6.45, 7) is 2.43. The van der Waals surface area contributed by atoms with Gasteiger partial charge in [0.1, 0.15) is 12.4 Å². The van der Waals surface area contributed by atoms with E-state index < -0.39 is 0 Å². The molecule has 0 aliphatic rings. The van der Waals surface area contributed by atoms with Gasteiger partial charge in [0, 0.05) is 10.7 Å². The molecule has 0 fully saturated rings. The van der Waals surface area contributed by atoms with Gasteiger partial charge in [-0.2, -0.15) is 0 Å². The van der Waals surface area contributed by atoms with Crippen LogP contribution in [0.1, 0.15) is 16.3 Å². The van der Waals surface area contributed by atoms with Crippen molar-refractivity contribution in [2.24, 2.45) is 0 Å². The topological polar surface area (TPSA) is 22.1 Å². The lowest BCUT2D eigenvalue weighted by Crippen LogP contribution is -1.96. The molecule has 0 radical (unpaired) electrons. The number of hydrogen-bond acceptors (Lipinski definition) is 3. The second kappa shape index (κ2) is 5.85. The monoisotopic (exact) mass is 331 g/mol. The van der Waals surface area contributed by atoms with Crippen LogP contribution in [0.25, 0.3) is 0 Å². The molecule has 2 nitrogen and oxygen atoms in total. The Bertz CT molecular complexity index is 515. The fourth-order valence-electron chi connectivity index (χ4n) is 1.37. The number of rotatable bonds is 4. The minimum atomic E-state index is 0.456. The van der Waals surface area contributed by atoms with Crippen LogP contribution in [0.5, 0.6) is 5.75 Å². The Morgan fingerprint density at radius 2 is 2.29 bits per heavy atom. The maximum Gasteiger partial charge on any atom is 0.138 e. The van der Waals surface area contributed by atoms with Crippen molar-refractivity contribution in [3.05, 3.63) is 44.9 Å². The Hall–Kier alpha value is -0.580. The lowest BCUT2D eigenvalue weighted by atomic mass is 10.2. The molecular formula is C12H11BrClNOS. The van der Waals surface area contributed by atoms with Crippen LogP contribution in [0.4, 0.5) is 0 Å². The van der Waals surface area contributed by atoms with Crippen molar-refractivity contribution in [2.45, 2.75) is 18.9 Å². The van der Waals surface area contributed by atoms with Crippen molar-refractivity contribution in [3.63, 3.8) is 0 Å². The van der Waals surface area contributed by atoms with Crippen molar-refractivity contribution in [1.82, 2.24) is 4.98 Å². The maximum absolute atomic E-state index is 6.12. The van der Waals surface area contributed by atoms with Crippen molar-refractivity contribution in [2.75, 3.05) is 0 Å². The first-order chi connectivity index (χ1) is 8.19. The number of aryl methyl sites for hydroxylation is 1. The molecule has 2 rings (SSSR count). The second-order valence-electron chi connectivity index (χ2n) is 3.54. The van der Waals surface area contributed by atoms with Crippen LogP contribution in [0, 0.1) is 6.92 Å². The minimum Gasteiger partial charge on any atom is -0.486 e. The molecule has 0 spiro atoms. The molecule has 0 saturated carbocycles. The molecule has 1 aromatic carbocycles. The van der Waals surface area contributed by atoms with Gasteiger partial charge >= 0.3 is 0 Å². The SMILES string of the molecule is Cc1nc(COc2ccc(CBr)cc2Cl)cs1. The molecule has 0 bridgehead atoms. The number of halogens is 2. The number of thiazole rings is 1. The Morgan fingerprint density at radius 1 is 1.47 bits per heavy atom. The van der Waals surface area contributed by atoms with Crippen molar-refractivity contribution >= 4 is 38.9 Å². The summed E-state index contributed by atoms with van der Waals surface area (Å²) < 4.78 is 5.63. The van der Waals surface area contributed by atoms with Gasteiger partial charge in [0.2, 0.25) is 0 Å². The van der Waals surface area contributed by atoms with Crippen molar-refractivity contribution < 1.29 is 4.74 Å². The Balaban J connectivity index is 2.04. The van der Waals surface area contributed by atoms with Gasteiger partial charge in [-0.1, -0.05) is 33.6 Å². The van der Waals surface area contributed by atoms with E-state index in [1.807, 2.05) is 30.5 Å². The fourth-order valence-corrected chi connectivity index (χ4v) is 2.57. The van der Waals surface area contributed by atoms with E-state index >= 15 is 0 Å². The molecule has 2 aromatic rings. The Kier molecular flexibility index (Phi) is 4.42. The van der Waals surface area contributed by atoms with Crippen LogP contribution in [0.3, 0.4) is 0 Å². The van der Waals surface area contributed by atoms with Crippen molar-refractivity contribution in [1.29, 1.82) is 0 Å². The minimum absolute atomic E-state index is 0.456. The van der Waals surface area contributed by atoms with Crippen molar-refractivity contribution in [3.8, 4) is 5.75 Å². The molecule has 1 aromatic heterocycles. The molecule has 0 atom stereocenters. The summed E-state index contributed by atoms with van der Waals surface area (Å²) in [7, 11) is 0. The van der Waals surface area contributed by atoms with E-state index in [-0.39, 0.29) is 0 Å². The third-order valence-corrected chi connectivity index (χ3v) is 3.96. The number of ether oxygens (including phenoxy) is 1. The summed E-state index contributed by atoms with van der Waals surface area (Å²) in [6, 6.07) is 5.78. The first kappa shape index (κ1) is 12.9. The van der Waals surface area contributed by atoms with E-state index in [4.69, 9.17) is 16.3 Å². The normalized spacial score (nSPS) is 10.5. The number of benzene rings is 1. The molecule has 0 amide bonds. The fraction of sp³-hybridized carbons (Fsp3) is 0.250. The first-order valence-corrected chi connectivity index (χ1v) is 7.45. The number of hydrogen-bond donors (Lipinski definition) is 0. The summed E-state index contributed by atoms with van der Waals surface area (Å²) in [4.78, 5) is 4.33. The zero-order valence-corrected chi connectivity index (χ0v) is 12.4. The highest BCUT2D eigenvalue weighted by Gasteiger charge is 2.04. The molecule has 0 unspecified atom stereocenters. The van der Waals surface area contributed by atoms with E-state index in [1.165, 1.54) is 0 Å². The highest BCUT2D eigenvalue weighted by atomic mass is 79.9. The van der Waals surface area contributed by atoms with Gasteiger partial charge in [-0.25, -0.2) is 4.98 Å². The van der Waals surface area contributed by atoms with Gasteiger partial charge in [0.05, 0.1) is 15.7 Å². The van der Waals surface area contributed by atoms with Gasteiger partial charge < -0.3 is 4.74 Å². The van der Waals surface area contributed by atoms with E-state index in [0.717, 1.165) is 21.6 Å².